The maximum Gasteiger partial charge on any atom is 0.308 e. The molecule has 3 aliphatic rings. The number of aryl methyl sites for hydroxylation is 1. The van der Waals surface area contributed by atoms with Crippen LogP contribution in [-0.4, -0.2) is 92.2 Å². The molecule has 0 radical (unpaired) electrons. The van der Waals surface area contributed by atoms with E-state index in [9.17, 15) is 28.8 Å². The van der Waals surface area contributed by atoms with Gasteiger partial charge in [-0.05, 0) is 35.7 Å². The first kappa shape index (κ1) is 39.1. The van der Waals surface area contributed by atoms with Gasteiger partial charge in [0.05, 0.1) is 24.3 Å². The molecule has 8 atom stereocenters. The van der Waals surface area contributed by atoms with Crippen LogP contribution in [0, 0.1) is 0 Å². The minimum absolute atomic E-state index is 0.167. The van der Waals surface area contributed by atoms with Gasteiger partial charge in [0.2, 0.25) is 6.29 Å². The normalized spacial score (nSPS) is 25.7. The maximum atomic E-state index is 14.2. The lowest BCUT2D eigenvalue weighted by atomic mass is 9.87. The highest BCUT2D eigenvalue weighted by molar-refractivity contribution is 5.75. The van der Waals surface area contributed by atoms with E-state index in [4.69, 9.17) is 47.4 Å². The van der Waals surface area contributed by atoms with Gasteiger partial charge in [-0.15, -0.1) is 6.58 Å². The Morgan fingerprint density at radius 2 is 1.49 bits per heavy atom. The van der Waals surface area contributed by atoms with Crippen molar-refractivity contribution in [3.63, 3.8) is 0 Å². The molecular weight excluding hydrogens is 702 g/mol. The number of nitrogens with zero attached hydrogens (tertiary/aromatic N) is 1. The number of hydrogen-bond acceptors (Lipinski definition) is 16. The second-order valence-corrected chi connectivity index (χ2v) is 12.4. The molecule has 0 saturated carbocycles. The molecule has 1 aromatic carbocycles. The number of pyridine rings is 1. The Hall–Kier alpha value is -5.10. The second-order valence-electron chi connectivity index (χ2n) is 12.4. The van der Waals surface area contributed by atoms with Crippen LogP contribution in [0.25, 0.3) is 11.3 Å². The number of rotatable bonds is 11. The standard InChI is InChI=1S/C36H41NO16/c1-9-22-24-13-25-23-14-27(47-17(3)39)26(44-7)12-21(23)10-11-37(25)33(43)29(24)35(45-8)52-34(22)53-36-32(50-20(6)42)31(49-19(5)41)30(48-18(4)40)28(51-36)15-46-16(2)38/h9,12-14,22,28,30-32,34-36H,1,10-11,15H2,2-8H3/t22-,28-,30-,31+,32-,34+,35-,36+/m1/s1. The molecule has 3 aliphatic heterocycles. The lowest BCUT2D eigenvalue weighted by Gasteiger charge is -2.46. The average molecular weight is 744 g/mol. The molecule has 2 aromatic rings. The smallest absolute Gasteiger partial charge is 0.308 e. The van der Waals surface area contributed by atoms with Crippen LogP contribution in [0.2, 0.25) is 0 Å². The van der Waals surface area contributed by atoms with Gasteiger partial charge < -0.3 is 51.9 Å². The summed E-state index contributed by atoms with van der Waals surface area (Å²) in [7, 11) is 2.79. The summed E-state index contributed by atoms with van der Waals surface area (Å²) in [5.74, 6) is -4.05. The van der Waals surface area contributed by atoms with Crippen molar-refractivity contribution in [1.82, 2.24) is 4.57 Å². The molecule has 286 valence electrons. The topological polar surface area (TPSA) is 200 Å². The Kier molecular flexibility index (Phi) is 12.0. The highest BCUT2D eigenvalue weighted by atomic mass is 16.8. The summed E-state index contributed by atoms with van der Waals surface area (Å²) < 4.78 is 58.5. The summed E-state index contributed by atoms with van der Waals surface area (Å²) in [4.78, 5) is 74.8. The molecular formula is C36H41NO16. The van der Waals surface area contributed by atoms with Gasteiger partial charge in [0.15, 0.2) is 42.4 Å². The molecule has 1 aromatic heterocycles. The molecule has 0 amide bonds. The number of esters is 5. The summed E-state index contributed by atoms with van der Waals surface area (Å²) in [6.07, 6.45) is -7.97. The fourth-order valence-corrected chi connectivity index (χ4v) is 6.69. The van der Waals surface area contributed by atoms with E-state index in [1.165, 1.54) is 27.2 Å². The Bertz CT molecular complexity index is 1850. The van der Waals surface area contributed by atoms with Crippen molar-refractivity contribution < 1.29 is 71.3 Å². The molecule has 53 heavy (non-hydrogen) atoms. The second kappa shape index (κ2) is 16.3. The number of carbonyl (C=O) groups excluding carboxylic acids is 5. The van der Waals surface area contributed by atoms with Crippen LogP contribution in [0.1, 0.15) is 63.5 Å². The first-order chi connectivity index (χ1) is 25.2. The third-order valence-corrected chi connectivity index (χ3v) is 8.72. The summed E-state index contributed by atoms with van der Waals surface area (Å²) in [5.41, 5.74) is 2.15. The third-order valence-electron chi connectivity index (χ3n) is 8.72. The first-order valence-electron chi connectivity index (χ1n) is 16.6. The summed E-state index contributed by atoms with van der Waals surface area (Å²) in [6.45, 7) is 9.54. The number of hydrogen-bond donors (Lipinski definition) is 0. The number of carbonyl (C=O) groups is 5. The van der Waals surface area contributed by atoms with Crippen molar-refractivity contribution in [3.05, 3.63) is 57.9 Å². The van der Waals surface area contributed by atoms with Crippen LogP contribution < -0.4 is 15.0 Å². The predicted molar refractivity (Wildman–Crippen MR) is 178 cm³/mol. The maximum absolute atomic E-state index is 14.2. The van der Waals surface area contributed by atoms with Gasteiger partial charge >= 0.3 is 29.8 Å². The molecule has 0 unspecified atom stereocenters. The van der Waals surface area contributed by atoms with E-state index in [0.717, 1.165) is 33.3 Å². The minimum Gasteiger partial charge on any atom is -0.493 e. The Labute approximate surface area is 303 Å². The molecule has 17 nitrogen and oxygen atoms in total. The van der Waals surface area contributed by atoms with Crippen LogP contribution in [0.5, 0.6) is 11.5 Å². The van der Waals surface area contributed by atoms with E-state index in [-0.39, 0.29) is 11.3 Å². The molecule has 4 heterocycles. The van der Waals surface area contributed by atoms with E-state index in [1.807, 2.05) is 0 Å². The van der Waals surface area contributed by atoms with Crippen molar-refractivity contribution in [2.75, 3.05) is 20.8 Å². The van der Waals surface area contributed by atoms with Crippen molar-refractivity contribution in [2.24, 2.45) is 0 Å². The van der Waals surface area contributed by atoms with Crippen LogP contribution in [0.3, 0.4) is 0 Å². The predicted octanol–water partition coefficient (Wildman–Crippen LogP) is 2.38. The van der Waals surface area contributed by atoms with E-state index in [2.05, 4.69) is 6.58 Å². The van der Waals surface area contributed by atoms with Crippen molar-refractivity contribution in [2.45, 2.75) is 96.8 Å². The van der Waals surface area contributed by atoms with Gasteiger partial charge in [-0.3, -0.25) is 28.8 Å². The fourth-order valence-electron chi connectivity index (χ4n) is 6.69. The van der Waals surface area contributed by atoms with Gasteiger partial charge in [0.1, 0.15) is 12.7 Å². The van der Waals surface area contributed by atoms with Gasteiger partial charge in [0, 0.05) is 53.8 Å². The molecule has 5 rings (SSSR count). The fraction of sp³-hybridized carbons (Fsp3) is 0.500. The van der Waals surface area contributed by atoms with Gasteiger partial charge in [-0.25, -0.2) is 0 Å². The number of fused-ring (bicyclic) bond motifs is 4. The van der Waals surface area contributed by atoms with E-state index in [1.54, 1.807) is 22.8 Å². The van der Waals surface area contributed by atoms with Gasteiger partial charge in [-0.2, -0.15) is 0 Å². The lowest BCUT2D eigenvalue weighted by molar-refractivity contribution is -0.359. The molecule has 0 N–H and O–H groups in total. The Morgan fingerprint density at radius 1 is 0.830 bits per heavy atom. The zero-order chi connectivity index (χ0) is 38.7. The minimum atomic E-state index is -1.60. The third kappa shape index (κ3) is 8.27. The first-order valence-corrected chi connectivity index (χ1v) is 16.6. The molecule has 17 heteroatoms. The number of benzene rings is 1. The summed E-state index contributed by atoms with van der Waals surface area (Å²) >= 11 is 0. The van der Waals surface area contributed by atoms with E-state index >= 15 is 0 Å². The molecule has 1 saturated heterocycles. The number of methoxy groups -OCH3 is 2. The lowest BCUT2D eigenvalue weighted by Crippen LogP contribution is -2.63. The SMILES string of the molecule is C=C[C@@H]1c2cc3n(c(=O)c2[C@H](OC)O[C@H]1O[C@@H]1O[C@H](COC(C)=O)[C@@H](OC(C)=O)[C@H](OC(C)=O)[C@H]1OC(C)=O)CCc1cc(OC)c(OC(C)=O)cc1-3. The van der Waals surface area contributed by atoms with Crippen LogP contribution in [0.4, 0.5) is 0 Å². The summed E-state index contributed by atoms with van der Waals surface area (Å²) in [6, 6.07) is 5.15. The average Bonchev–Trinajstić information content (AvgIpc) is 3.08. The highest BCUT2D eigenvalue weighted by Gasteiger charge is 2.54. The quantitative estimate of drug-likeness (QED) is 0.140. The zero-order valence-electron chi connectivity index (χ0n) is 30.2. The monoisotopic (exact) mass is 743 g/mol. The van der Waals surface area contributed by atoms with Crippen LogP contribution >= 0.6 is 0 Å². The number of aromatic nitrogens is 1. The Balaban J connectivity index is 1.60. The van der Waals surface area contributed by atoms with Gasteiger partial charge in [-0.1, -0.05) is 6.08 Å². The summed E-state index contributed by atoms with van der Waals surface area (Å²) in [5, 5.41) is 0. The number of ether oxygens (including phenoxy) is 10. The van der Waals surface area contributed by atoms with Crippen molar-refractivity contribution >= 4 is 29.8 Å². The van der Waals surface area contributed by atoms with Crippen molar-refractivity contribution in [1.29, 1.82) is 0 Å². The Morgan fingerprint density at radius 3 is 2.08 bits per heavy atom. The molecule has 0 spiro atoms. The van der Waals surface area contributed by atoms with Crippen LogP contribution in [0.15, 0.2) is 35.6 Å². The van der Waals surface area contributed by atoms with E-state index < -0.39 is 91.2 Å². The zero-order valence-corrected chi connectivity index (χ0v) is 30.2. The molecule has 0 bridgehead atoms. The van der Waals surface area contributed by atoms with Gasteiger partial charge in [0.25, 0.3) is 5.56 Å². The highest BCUT2D eigenvalue weighted by Crippen LogP contribution is 2.44. The molecule has 1 fully saturated rings. The van der Waals surface area contributed by atoms with E-state index in [0.29, 0.717) is 35.5 Å². The van der Waals surface area contributed by atoms with Crippen molar-refractivity contribution in [3.8, 4) is 22.8 Å². The largest absolute Gasteiger partial charge is 0.493 e. The molecule has 0 aliphatic carbocycles. The van der Waals surface area contributed by atoms with Crippen LogP contribution in [-0.2, 0) is 74.8 Å².